The largest absolute Gasteiger partial charge is 0.348 e. The second kappa shape index (κ2) is 7.64. The van der Waals surface area contributed by atoms with Crippen molar-refractivity contribution in [3.63, 3.8) is 0 Å². The first-order valence-electron chi connectivity index (χ1n) is 10.1. The van der Waals surface area contributed by atoms with Crippen LogP contribution < -0.4 is 4.90 Å². The van der Waals surface area contributed by atoms with E-state index >= 15 is 0 Å². The van der Waals surface area contributed by atoms with Gasteiger partial charge in [-0.1, -0.05) is 31.6 Å². The number of aromatic amines is 1. The van der Waals surface area contributed by atoms with Crippen molar-refractivity contribution >= 4 is 16.5 Å². The van der Waals surface area contributed by atoms with Gasteiger partial charge >= 0.3 is 0 Å². The SMILES string of the molecule is CCCCN1CCc2[nH]cnc2C12CCN(c1nnc(CCC)s1)CC2. The van der Waals surface area contributed by atoms with Crippen LogP contribution in [-0.4, -0.2) is 51.2 Å². The van der Waals surface area contributed by atoms with Crippen LogP contribution in [0.25, 0.3) is 0 Å². The Hall–Kier alpha value is -1.47. The summed E-state index contributed by atoms with van der Waals surface area (Å²) in [4.78, 5) is 13.3. The Labute approximate surface area is 160 Å². The molecule has 1 N–H and O–H groups in total. The fourth-order valence-electron chi connectivity index (χ4n) is 4.51. The van der Waals surface area contributed by atoms with E-state index in [1.807, 2.05) is 6.33 Å². The third kappa shape index (κ3) is 3.16. The van der Waals surface area contributed by atoms with Crippen LogP contribution in [0.2, 0.25) is 0 Å². The van der Waals surface area contributed by atoms with Gasteiger partial charge in [0.25, 0.3) is 0 Å². The van der Waals surface area contributed by atoms with Gasteiger partial charge in [-0.15, -0.1) is 10.2 Å². The molecule has 0 aromatic carbocycles. The molecule has 2 aliphatic heterocycles. The molecular weight excluding hydrogens is 344 g/mol. The van der Waals surface area contributed by atoms with Crippen molar-refractivity contribution in [2.24, 2.45) is 0 Å². The van der Waals surface area contributed by atoms with Gasteiger partial charge in [0.2, 0.25) is 5.13 Å². The van der Waals surface area contributed by atoms with E-state index in [4.69, 9.17) is 4.98 Å². The summed E-state index contributed by atoms with van der Waals surface area (Å²) in [5.41, 5.74) is 2.77. The molecule has 0 unspecified atom stereocenters. The minimum atomic E-state index is 0.107. The summed E-state index contributed by atoms with van der Waals surface area (Å²) in [5, 5.41) is 11.1. The number of rotatable bonds is 6. The predicted octanol–water partition coefficient (Wildman–Crippen LogP) is 3.37. The smallest absolute Gasteiger partial charge is 0.208 e. The molecule has 0 saturated carbocycles. The van der Waals surface area contributed by atoms with Crippen molar-refractivity contribution in [2.45, 2.75) is 64.3 Å². The zero-order chi connectivity index (χ0) is 18.0. The molecular formula is C19H30N6S. The Kier molecular flexibility index (Phi) is 5.27. The molecule has 4 rings (SSSR count). The van der Waals surface area contributed by atoms with Gasteiger partial charge in [-0.3, -0.25) is 4.90 Å². The molecule has 6 nitrogen and oxygen atoms in total. The van der Waals surface area contributed by atoms with Gasteiger partial charge in [0.05, 0.1) is 17.6 Å². The van der Waals surface area contributed by atoms with Crippen LogP contribution in [0.1, 0.15) is 62.3 Å². The standard InChI is InChI=1S/C19H30N6S/c1-3-5-10-25-11-7-15-17(21-14-20-15)19(25)8-12-24(13-9-19)18-23-22-16(26-18)6-4-2/h14H,3-13H2,1-2H3,(H,20,21). The molecule has 26 heavy (non-hydrogen) atoms. The summed E-state index contributed by atoms with van der Waals surface area (Å²) in [7, 11) is 0. The summed E-state index contributed by atoms with van der Waals surface area (Å²) >= 11 is 1.77. The summed E-state index contributed by atoms with van der Waals surface area (Å²) in [6, 6.07) is 0. The third-order valence-corrected chi connectivity index (χ3v) is 7.00. The minimum absolute atomic E-state index is 0.107. The van der Waals surface area contributed by atoms with Crippen LogP contribution in [0.5, 0.6) is 0 Å². The van der Waals surface area contributed by atoms with Crippen molar-refractivity contribution in [3.05, 3.63) is 22.7 Å². The van der Waals surface area contributed by atoms with Gasteiger partial charge in [-0.2, -0.15) is 0 Å². The van der Waals surface area contributed by atoms with Crippen molar-refractivity contribution < 1.29 is 0 Å². The zero-order valence-electron chi connectivity index (χ0n) is 16.0. The Morgan fingerprint density at radius 3 is 2.77 bits per heavy atom. The van der Waals surface area contributed by atoms with Gasteiger partial charge < -0.3 is 9.88 Å². The first-order valence-corrected chi connectivity index (χ1v) is 10.9. The van der Waals surface area contributed by atoms with Gasteiger partial charge in [0, 0.05) is 38.2 Å². The fraction of sp³-hybridized carbons (Fsp3) is 0.737. The first-order chi connectivity index (χ1) is 12.8. The normalized spacial score (nSPS) is 19.8. The number of H-pyrrole nitrogens is 1. The van der Waals surface area contributed by atoms with E-state index in [1.54, 1.807) is 11.3 Å². The van der Waals surface area contributed by atoms with Crippen LogP contribution in [0.3, 0.4) is 0 Å². The highest BCUT2D eigenvalue weighted by Crippen LogP contribution is 2.43. The number of anilines is 1. The van der Waals surface area contributed by atoms with Crippen LogP contribution in [0.4, 0.5) is 5.13 Å². The number of aromatic nitrogens is 4. The maximum Gasteiger partial charge on any atom is 0.208 e. The fourth-order valence-corrected chi connectivity index (χ4v) is 5.50. The molecule has 1 fully saturated rings. The van der Waals surface area contributed by atoms with Crippen molar-refractivity contribution in [1.82, 2.24) is 25.1 Å². The third-order valence-electron chi connectivity index (χ3n) is 5.96. The Balaban J connectivity index is 1.52. The molecule has 0 atom stereocenters. The average molecular weight is 375 g/mol. The summed E-state index contributed by atoms with van der Waals surface area (Å²) in [5.74, 6) is 0. The molecule has 1 saturated heterocycles. The van der Waals surface area contributed by atoms with E-state index in [1.165, 1.54) is 35.8 Å². The molecule has 0 aliphatic carbocycles. The molecule has 2 aromatic heterocycles. The molecule has 0 bridgehead atoms. The maximum absolute atomic E-state index is 4.78. The lowest BCUT2D eigenvalue weighted by Gasteiger charge is -2.50. The summed E-state index contributed by atoms with van der Waals surface area (Å²) in [6.07, 6.45) is 9.92. The Bertz CT molecular complexity index is 715. The molecule has 7 heteroatoms. The molecule has 0 radical (unpaired) electrons. The van der Waals surface area contributed by atoms with Crippen LogP contribution >= 0.6 is 11.3 Å². The van der Waals surface area contributed by atoms with E-state index in [2.05, 4.69) is 38.8 Å². The quantitative estimate of drug-likeness (QED) is 0.840. The number of hydrogen-bond acceptors (Lipinski definition) is 6. The molecule has 2 aliphatic rings. The second-order valence-corrected chi connectivity index (χ2v) is 8.61. The highest BCUT2D eigenvalue weighted by molar-refractivity contribution is 7.15. The van der Waals surface area contributed by atoms with Crippen LogP contribution in [0.15, 0.2) is 6.33 Å². The van der Waals surface area contributed by atoms with E-state index in [0.717, 1.165) is 56.9 Å². The monoisotopic (exact) mass is 374 g/mol. The molecule has 4 heterocycles. The lowest BCUT2D eigenvalue weighted by atomic mass is 9.78. The Morgan fingerprint density at radius 1 is 1.15 bits per heavy atom. The number of imidazole rings is 1. The molecule has 1 spiro atoms. The maximum atomic E-state index is 4.78. The molecule has 2 aromatic rings. The van der Waals surface area contributed by atoms with Crippen molar-refractivity contribution in [3.8, 4) is 0 Å². The lowest BCUT2D eigenvalue weighted by molar-refractivity contribution is 0.0432. The molecule has 0 amide bonds. The highest BCUT2D eigenvalue weighted by atomic mass is 32.1. The predicted molar refractivity (Wildman–Crippen MR) is 106 cm³/mol. The van der Waals surface area contributed by atoms with Crippen LogP contribution in [0, 0.1) is 0 Å². The topological polar surface area (TPSA) is 60.9 Å². The zero-order valence-corrected chi connectivity index (χ0v) is 16.8. The van der Waals surface area contributed by atoms with Gasteiger partial charge in [-0.05, 0) is 32.2 Å². The first kappa shape index (κ1) is 17.9. The Morgan fingerprint density at radius 2 is 2.00 bits per heavy atom. The summed E-state index contributed by atoms with van der Waals surface area (Å²) < 4.78 is 0. The number of nitrogens with zero attached hydrogens (tertiary/aromatic N) is 5. The lowest BCUT2D eigenvalue weighted by Crippen LogP contribution is -2.56. The van der Waals surface area contributed by atoms with E-state index in [0.29, 0.717) is 0 Å². The average Bonchev–Trinajstić information content (AvgIpc) is 3.32. The van der Waals surface area contributed by atoms with E-state index < -0.39 is 0 Å². The van der Waals surface area contributed by atoms with Gasteiger partial charge in [0.15, 0.2) is 0 Å². The number of nitrogens with one attached hydrogen (secondary N) is 1. The number of aryl methyl sites for hydroxylation is 1. The van der Waals surface area contributed by atoms with Gasteiger partial charge in [-0.25, -0.2) is 4.98 Å². The second-order valence-electron chi connectivity index (χ2n) is 7.57. The number of unbranched alkanes of at least 4 members (excludes halogenated alkanes) is 1. The minimum Gasteiger partial charge on any atom is -0.348 e. The van der Waals surface area contributed by atoms with Crippen molar-refractivity contribution in [1.29, 1.82) is 0 Å². The highest BCUT2D eigenvalue weighted by Gasteiger charge is 2.46. The summed E-state index contributed by atoms with van der Waals surface area (Å²) in [6.45, 7) is 8.88. The molecule has 142 valence electrons. The van der Waals surface area contributed by atoms with E-state index in [-0.39, 0.29) is 5.54 Å². The van der Waals surface area contributed by atoms with Crippen molar-refractivity contribution in [2.75, 3.05) is 31.1 Å². The van der Waals surface area contributed by atoms with Gasteiger partial charge in [0.1, 0.15) is 5.01 Å². The van der Waals surface area contributed by atoms with Crippen LogP contribution in [-0.2, 0) is 18.4 Å². The number of hydrogen-bond donors (Lipinski definition) is 1. The number of piperidine rings is 1. The number of fused-ring (bicyclic) bond motifs is 2. The van der Waals surface area contributed by atoms with E-state index in [9.17, 15) is 0 Å².